The highest BCUT2D eigenvalue weighted by molar-refractivity contribution is 5.75. The molecule has 1 atom stereocenters. The lowest BCUT2D eigenvalue weighted by molar-refractivity contribution is -0.116. The summed E-state index contributed by atoms with van der Waals surface area (Å²) in [6.45, 7) is 5.49. The number of ether oxygens (including phenoxy) is 2. The minimum Gasteiger partial charge on any atom is -0.492 e. The minimum absolute atomic E-state index is 0.190. The molecule has 0 bridgehead atoms. The molecule has 0 amide bonds. The van der Waals surface area contributed by atoms with Crippen molar-refractivity contribution in [2.24, 2.45) is 0 Å². The minimum atomic E-state index is -0.596. The molecule has 0 radical (unpaired) electrons. The molecule has 5 heteroatoms. The van der Waals surface area contributed by atoms with Crippen LogP contribution in [0.25, 0.3) is 0 Å². The van der Waals surface area contributed by atoms with Gasteiger partial charge < -0.3 is 24.7 Å². The van der Waals surface area contributed by atoms with Crippen LogP contribution in [0, 0.1) is 6.92 Å². The van der Waals surface area contributed by atoms with Gasteiger partial charge >= 0.3 is 0 Å². The van der Waals surface area contributed by atoms with Gasteiger partial charge in [-0.05, 0) is 50.1 Å². The van der Waals surface area contributed by atoms with Crippen LogP contribution in [0.1, 0.15) is 24.5 Å². The van der Waals surface area contributed by atoms with Crippen molar-refractivity contribution >= 4 is 5.78 Å². The molecular weight excluding hydrogens is 342 g/mol. The largest absolute Gasteiger partial charge is 0.492 e. The van der Waals surface area contributed by atoms with E-state index in [1.165, 1.54) is 5.56 Å². The molecule has 0 unspecified atom stereocenters. The average molecular weight is 371 g/mol. The number of hydrogen-bond donors (Lipinski definition) is 2. The van der Waals surface area contributed by atoms with Crippen LogP contribution in [-0.4, -0.2) is 43.3 Å². The first-order valence-corrected chi connectivity index (χ1v) is 9.32. The standard InChI is InChI=1S/C22H29NO4/c1-17-3-9-21(10-4-17)26-14-13-23-15-20(25)16-27-22-11-7-19(8-12-22)6-5-18(2)24/h3-4,7-12,20,23,25H,5-6,13-16H2,1-2H3/t20-/m0/s1. The summed E-state index contributed by atoms with van der Waals surface area (Å²) in [5.41, 5.74) is 2.31. The summed E-state index contributed by atoms with van der Waals surface area (Å²) in [6, 6.07) is 15.6. The van der Waals surface area contributed by atoms with Gasteiger partial charge in [-0.3, -0.25) is 0 Å². The Bertz CT molecular complexity index is 682. The molecule has 0 aromatic heterocycles. The van der Waals surface area contributed by atoms with Gasteiger partial charge in [-0.25, -0.2) is 0 Å². The Hall–Kier alpha value is -2.37. The van der Waals surface area contributed by atoms with Gasteiger partial charge in [-0.15, -0.1) is 0 Å². The van der Waals surface area contributed by atoms with E-state index in [1.54, 1.807) is 6.92 Å². The summed E-state index contributed by atoms with van der Waals surface area (Å²) in [5.74, 6) is 1.75. The zero-order valence-electron chi connectivity index (χ0n) is 16.1. The molecule has 2 aromatic rings. The molecule has 0 aliphatic carbocycles. The quantitative estimate of drug-likeness (QED) is 0.562. The van der Waals surface area contributed by atoms with Crippen molar-refractivity contribution in [2.45, 2.75) is 32.8 Å². The molecule has 2 N–H and O–H groups in total. The number of carbonyl (C=O) groups is 1. The third-order valence-electron chi connectivity index (χ3n) is 4.08. The van der Waals surface area contributed by atoms with Crippen LogP contribution >= 0.6 is 0 Å². The van der Waals surface area contributed by atoms with Crippen molar-refractivity contribution in [3.8, 4) is 11.5 Å². The first-order valence-electron chi connectivity index (χ1n) is 9.32. The van der Waals surface area contributed by atoms with E-state index in [-0.39, 0.29) is 12.4 Å². The Morgan fingerprint density at radius 3 is 2.33 bits per heavy atom. The number of aliphatic hydroxyl groups is 1. The van der Waals surface area contributed by atoms with E-state index in [4.69, 9.17) is 9.47 Å². The van der Waals surface area contributed by atoms with Crippen LogP contribution in [0.5, 0.6) is 11.5 Å². The third-order valence-corrected chi connectivity index (χ3v) is 4.08. The number of Topliss-reactive ketones (excluding diaryl/α,β-unsaturated/α-hetero) is 1. The molecule has 146 valence electrons. The van der Waals surface area contributed by atoms with Gasteiger partial charge in [-0.1, -0.05) is 29.8 Å². The Balaban J connectivity index is 1.57. The average Bonchev–Trinajstić information content (AvgIpc) is 2.66. The van der Waals surface area contributed by atoms with Gasteiger partial charge in [-0.2, -0.15) is 0 Å². The van der Waals surface area contributed by atoms with E-state index in [0.717, 1.165) is 17.7 Å². The second-order valence-corrected chi connectivity index (χ2v) is 6.68. The maximum atomic E-state index is 11.0. The van der Waals surface area contributed by atoms with Crippen molar-refractivity contribution < 1.29 is 19.4 Å². The predicted molar refractivity (Wildman–Crippen MR) is 106 cm³/mol. The summed E-state index contributed by atoms with van der Waals surface area (Å²) in [7, 11) is 0. The molecule has 0 aliphatic heterocycles. The summed E-state index contributed by atoms with van der Waals surface area (Å²) in [4.78, 5) is 11.0. The van der Waals surface area contributed by atoms with Crippen LogP contribution in [0.2, 0.25) is 0 Å². The van der Waals surface area contributed by atoms with E-state index in [2.05, 4.69) is 5.32 Å². The molecule has 0 heterocycles. The second kappa shape index (κ2) is 11.4. The lowest BCUT2D eigenvalue weighted by Gasteiger charge is -2.14. The number of carbonyl (C=O) groups excluding carboxylic acids is 1. The highest BCUT2D eigenvalue weighted by Gasteiger charge is 2.05. The first kappa shape index (κ1) is 20.9. The highest BCUT2D eigenvalue weighted by Crippen LogP contribution is 2.14. The number of hydrogen-bond acceptors (Lipinski definition) is 5. The van der Waals surface area contributed by atoms with E-state index in [9.17, 15) is 9.90 Å². The van der Waals surface area contributed by atoms with Crippen molar-refractivity contribution in [3.05, 3.63) is 59.7 Å². The fraction of sp³-hybridized carbons (Fsp3) is 0.409. The molecule has 0 spiro atoms. The molecule has 0 saturated carbocycles. The molecule has 27 heavy (non-hydrogen) atoms. The topological polar surface area (TPSA) is 67.8 Å². The summed E-state index contributed by atoms with van der Waals surface area (Å²) in [5, 5.41) is 13.1. The number of nitrogens with one attached hydrogen (secondary N) is 1. The zero-order chi connectivity index (χ0) is 19.5. The van der Waals surface area contributed by atoms with Crippen LogP contribution in [-0.2, 0) is 11.2 Å². The van der Waals surface area contributed by atoms with Crippen molar-refractivity contribution in [3.63, 3.8) is 0 Å². The Labute approximate surface area is 161 Å². The van der Waals surface area contributed by atoms with Gasteiger partial charge in [0.2, 0.25) is 0 Å². The molecule has 0 saturated heterocycles. The SMILES string of the molecule is CC(=O)CCc1ccc(OC[C@@H](O)CNCCOc2ccc(C)cc2)cc1. The monoisotopic (exact) mass is 371 g/mol. The van der Waals surface area contributed by atoms with E-state index in [0.29, 0.717) is 31.9 Å². The number of ketones is 1. The van der Waals surface area contributed by atoms with Gasteiger partial charge in [0, 0.05) is 19.5 Å². The van der Waals surface area contributed by atoms with Gasteiger partial charge in [0.15, 0.2) is 0 Å². The molecule has 0 aliphatic rings. The fourth-order valence-electron chi connectivity index (χ4n) is 2.47. The van der Waals surface area contributed by atoms with Crippen LogP contribution in [0.4, 0.5) is 0 Å². The molecule has 2 rings (SSSR count). The van der Waals surface area contributed by atoms with Gasteiger partial charge in [0.25, 0.3) is 0 Å². The first-order chi connectivity index (χ1) is 13.0. The number of aliphatic hydroxyl groups excluding tert-OH is 1. The van der Waals surface area contributed by atoms with E-state index >= 15 is 0 Å². The number of benzene rings is 2. The predicted octanol–water partition coefficient (Wildman–Crippen LogP) is 2.92. The van der Waals surface area contributed by atoms with E-state index in [1.807, 2.05) is 55.5 Å². The molecular formula is C22H29NO4. The fourth-order valence-corrected chi connectivity index (χ4v) is 2.47. The maximum absolute atomic E-state index is 11.0. The Morgan fingerprint density at radius 2 is 1.67 bits per heavy atom. The van der Waals surface area contributed by atoms with Gasteiger partial charge in [0.1, 0.15) is 36.6 Å². The highest BCUT2D eigenvalue weighted by atomic mass is 16.5. The summed E-state index contributed by atoms with van der Waals surface area (Å²) < 4.78 is 11.2. The summed E-state index contributed by atoms with van der Waals surface area (Å²) in [6.07, 6.45) is 0.701. The van der Waals surface area contributed by atoms with Crippen molar-refractivity contribution in [1.29, 1.82) is 0 Å². The third kappa shape index (κ3) is 8.71. The Kier molecular flexibility index (Phi) is 8.81. The smallest absolute Gasteiger partial charge is 0.130 e. The second-order valence-electron chi connectivity index (χ2n) is 6.68. The molecule has 2 aromatic carbocycles. The normalized spacial score (nSPS) is 11.8. The van der Waals surface area contributed by atoms with Gasteiger partial charge in [0.05, 0.1) is 0 Å². The van der Waals surface area contributed by atoms with Crippen LogP contribution in [0.15, 0.2) is 48.5 Å². The van der Waals surface area contributed by atoms with Crippen molar-refractivity contribution in [1.82, 2.24) is 5.32 Å². The Morgan fingerprint density at radius 1 is 1.04 bits per heavy atom. The number of rotatable bonds is 12. The van der Waals surface area contributed by atoms with Crippen LogP contribution < -0.4 is 14.8 Å². The molecule has 0 fully saturated rings. The lowest BCUT2D eigenvalue weighted by atomic mass is 10.1. The lowest BCUT2D eigenvalue weighted by Crippen LogP contribution is -2.33. The zero-order valence-corrected chi connectivity index (χ0v) is 16.1. The number of aryl methyl sites for hydroxylation is 2. The van der Waals surface area contributed by atoms with E-state index < -0.39 is 6.10 Å². The van der Waals surface area contributed by atoms with Crippen LogP contribution in [0.3, 0.4) is 0 Å². The maximum Gasteiger partial charge on any atom is 0.130 e. The molecule has 5 nitrogen and oxygen atoms in total. The summed E-state index contributed by atoms with van der Waals surface area (Å²) >= 11 is 0. The van der Waals surface area contributed by atoms with Crippen molar-refractivity contribution in [2.75, 3.05) is 26.3 Å².